The number of rotatable bonds is 2. The quantitative estimate of drug-likeness (QED) is 0.189. The van der Waals surface area contributed by atoms with E-state index in [-0.39, 0.29) is 0 Å². The van der Waals surface area contributed by atoms with E-state index in [9.17, 15) is 0 Å². The fraction of sp³-hybridized carbons (Fsp3) is 0.0244. The summed E-state index contributed by atoms with van der Waals surface area (Å²) in [4.78, 5) is 0. The second kappa shape index (κ2) is 8.49. The molecule has 1 unspecified atom stereocenters. The maximum absolute atomic E-state index is 6.56. The molecule has 46 heavy (non-hydrogen) atoms. The van der Waals surface area contributed by atoms with Crippen LogP contribution in [0.3, 0.4) is 0 Å². The Morgan fingerprint density at radius 2 is 1.17 bits per heavy atom. The van der Waals surface area contributed by atoms with Crippen molar-refractivity contribution in [3.05, 3.63) is 163 Å². The Bertz CT molecular complexity index is 2600. The van der Waals surface area contributed by atoms with Gasteiger partial charge < -0.3 is 9.47 Å². The standard InChI is InChI=1S/C41H25N3O2/c1-2-12-28-26(10-1)11-7-15-31(28)33-22-21-29(30-13-3-4-14-32(30)33)27-24-43-34-16-8-17-35-39(34)41(44(43)25-27)40-36(45-35)18-9-19-37(40)46-38-20-5-6-23-42(38)41/h1-25H/q+2. The molecule has 0 amide bonds. The van der Waals surface area contributed by atoms with Crippen molar-refractivity contribution >= 4 is 21.5 Å². The van der Waals surface area contributed by atoms with E-state index < -0.39 is 5.66 Å². The summed E-state index contributed by atoms with van der Waals surface area (Å²) in [5.74, 6) is 3.24. The molecule has 0 radical (unpaired) electrons. The van der Waals surface area contributed by atoms with Crippen molar-refractivity contribution in [3.63, 3.8) is 0 Å². The Labute approximate surface area is 264 Å². The van der Waals surface area contributed by atoms with Crippen molar-refractivity contribution in [3.8, 4) is 51.1 Å². The molecule has 1 spiro atoms. The highest BCUT2D eigenvalue weighted by Gasteiger charge is 2.71. The fourth-order valence-electron chi connectivity index (χ4n) is 8.13. The summed E-state index contributed by atoms with van der Waals surface area (Å²) in [5, 5.41) is 4.96. The molecule has 6 aromatic carbocycles. The third-order valence-corrected chi connectivity index (χ3v) is 9.94. The SMILES string of the molecule is c1cc2c3c(c1)Oc1cccc[n+]1C31c3c(cccc3-n3cc(-c4ccc(-c5cccc6ccccc56)c5ccccc45)c[n+]31)O2. The predicted molar refractivity (Wildman–Crippen MR) is 177 cm³/mol. The largest absolute Gasteiger partial charge is 0.455 e. The summed E-state index contributed by atoms with van der Waals surface area (Å²) in [7, 11) is 0. The van der Waals surface area contributed by atoms with Crippen molar-refractivity contribution in [2.75, 3.05) is 0 Å². The second-order valence-electron chi connectivity index (χ2n) is 12.2. The summed E-state index contributed by atoms with van der Waals surface area (Å²) < 4.78 is 20.0. The van der Waals surface area contributed by atoms with Crippen LogP contribution in [0.2, 0.25) is 0 Å². The Hall–Kier alpha value is -6.20. The normalized spacial score (nSPS) is 16.3. The van der Waals surface area contributed by atoms with E-state index in [4.69, 9.17) is 9.47 Å². The minimum atomic E-state index is -0.720. The van der Waals surface area contributed by atoms with Crippen molar-refractivity contribution in [1.29, 1.82) is 0 Å². The van der Waals surface area contributed by atoms with E-state index >= 15 is 0 Å². The van der Waals surface area contributed by atoms with Crippen molar-refractivity contribution < 1.29 is 18.7 Å². The molecule has 0 fully saturated rings. The molecule has 8 aromatic rings. The Morgan fingerprint density at radius 3 is 2.07 bits per heavy atom. The van der Waals surface area contributed by atoms with Gasteiger partial charge in [-0.15, -0.1) is 4.68 Å². The van der Waals surface area contributed by atoms with Gasteiger partial charge in [0.05, 0.1) is 17.8 Å². The Morgan fingerprint density at radius 1 is 0.522 bits per heavy atom. The number of ether oxygens (including phenoxy) is 2. The average molecular weight is 592 g/mol. The maximum atomic E-state index is 6.56. The van der Waals surface area contributed by atoms with Crippen molar-refractivity contribution in [2.24, 2.45) is 0 Å². The lowest BCUT2D eigenvalue weighted by Crippen LogP contribution is -2.75. The molecule has 5 heteroatoms. The molecule has 0 saturated heterocycles. The summed E-state index contributed by atoms with van der Waals surface area (Å²) in [6.07, 6.45) is 6.68. The first-order chi connectivity index (χ1) is 22.8. The second-order valence-corrected chi connectivity index (χ2v) is 12.2. The first-order valence-corrected chi connectivity index (χ1v) is 15.6. The van der Waals surface area contributed by atoms with Gasteiger partial charge in [-0.3, -0.25) is 0 Å². The van der Waals surface area contributed by atoms with E-state index in [2.05, 4.69) is 136 Å². The highest BCUT2D eigenvalue weighted by molar-refractivity contribution is 6.09. The van der Waals surface area contributed by atoms with Crippen LogP contribution in [0.25, 0.3) is 49.5 Å². The summed E-state index contributed by atoms with van der Waals surface area (Å²) in [6.45, 7) is 0. The molecule has 3 aliphatic rings. The van der Waals surface area contributed by atoms with Gasteiger partial charge in [0.15, 0.2) is 23.1 Å². The first-order valence-electron chi connectivity index (χ1n) is 15.6. The van der Waals surface area contributed by atoms with E-state index in [0.717, 1.165) is 45.5 Å². The lowest BCUT2D eigenvalue weighted by Gasteiger charge is -2.31. The number of fused-ring (bicyclic) bond motifs is 5. The van der Waals surface area contributed by atoms with Crippen LogP contribution >= 0.6 is 0 Å². The van der Waals surface area contributed by atoms with Crippen LogP contribution in [-0.2, 0) is 5.66 Å². The minimum Gasteiger partial charge on any atom is -0.455 e. The van der Waals surface area contributed by atoms with Crippen LogP contribution in [0.5, 0.6) is 23.1 Å². The fourth-order valence-corrected chi connectivity index (χ4v) is 8.13. The predicted octanol–water partition coefficient (Wildman–Crippen LogP) is 8.52. The van der Waals surface area contributed by atoms with E-state index in [1.807, 2.05) is 30.3 Å². The zero-order valence-corrected chi connectivity index (χ0v) is 24.6. The Kier molecular flexibility index (Phi) is 4.46. The van der Waals surface area contributed by atoms with Gasteiger partial charge in [0.25, 0.3) is 0 Å². The van der Waals surface area contributed by atoms with Crippen LogP contribution in [0.15, 0.2) is 152 Å². The number of hydrogen-bond donors (Lipinski definition) is 0. The molecule has 0 N–H and O–H groups in total. The molecule has 214 valence electrons. The molecule has 0 saturated carbocycles. The maximum Gasteiger partial charge on any atom is 0.452 e. The van der Waals surface area contributed by atoms with Gasteiger partial charge in [-0.1, -0.05) is 95.6 Å². The van der Waals surface area contributed by atoms with Gasteiger partial charge >= 0.3 is 11.5 Å². The van der Waals surface area contributed by atoms with E-state index in [1.54, 1.807) is 0 Å². The number of aromatic nitrogens is 3. The minimum absolute atomic E-state index is 0.720. The van der Waals surface area contributed by atoms with E-state index in [0.29, 0.717) is 0 Å². The molecule has 5 heterocycles. The van der Waals surface area contributed by atoms with Crippen LogP contribution in [0, 0.1) is 0 Å². The molecule has 2 aromatic heterocycles. The van der Waals surface area contributed by atoms with Crippen LogP contribution in [0.4, 0.5) is 0 Å². The lowest BCUT2D eigenvalue weighted by atomic mass is 9.85. The van der Waals surface area contributed by atoms with Crippen LogP contribution in [-0.4, -0.2) is 4.68 Å². The molecular weight excluding hydrogens is 566 g/mol. The smallest absolute Gasteiger partial charge is 0.452 e. The highest BCUT2D eigenvalue weighted by Crippen LogP contribution is 2.55. The molecule has 11 rings (SSSR count). The highest BCUT2D eigenvalue weighted by atomic mass is 16.5. The molecule has 5 nitrogen and oxygen atoms in total. The third-order valence-electron chi connectivity index (χ3n) is 9.94. The van der Waals surface area contributed by atoms with Gasteiger partial charge in [0, 0.05) is 6.07 Å². The molecular formula is C41H25N3O2+2. The number of nitrogens with zero attached hydrogens (tertiary/aromatic N) is 3. The van der Waals surface area contributed by atoms with Gasteiger partial charge in [-0.2, -0.15) is 0 Å². The van der Waals surface area contributed by atoms with Gasteiger partial charge in [-0.25, -0.2) is 0 Å². The zero-order chi connectivity index (χ0) is 30.0. The zero-order valence-electron chi connectivity index (χ0n) is 24.6. The lowest BCUT2D eigenvalue weighted by molar-refractivity contribution is -0.997. The number of pyridine rings is 1. The topological polar surface area (TPSA) is 31.1 Å². The van der Waals surface area contributed by atoms with E-state index in [1.165, 1.54) is 38.2 Å². The van der Waals surface area contributed by atoms with Crippen LogP contribution < -0.4 is 18.7 Å². The number of hydrogen-bond acceptors (Lipinski definition) is 2. The van der Waals surface area contributed by atoms with Gasteiger partial charge in [0.1, 0.15) is 17.2 Å². The van der Waals surface area contributed by atoms with Crippen molar-refractivity contribution in [2.45, 2.75) is 5.66 Å². The molecule has 0 bridgehead atoms. The monoisotopic (exact) mass is 591 g/mol. The summed E-state index contributed by atoms with van der Waals surface area (Å²) in [5.41, 5.74) is 7.29. The molecule has 0 aliphatic carbocycles. The van der Waals surface area contributed by atoms with Crippen LogP contribution in [0.1, 0.15) is 11.1 Å². The first kappa shape index (κ1) is 24.2. The third kappa shape index (κ3) is 2.86. The van der Waals surface area contributed by atoms with Crippen molar-refractivity contribution in [1.82, 2.24) is 4.68 Å². The summed E-state index contributed by atoms with van der Waals surface area (Å²) >= 11 is 0. The Balaban J connectivity index is 1.20. The molecule has 1 atom stereocenters. The average Bonchev–Trinajstić information content (AvgIpc) is 3.66. The van der Waals surface area contributed by atoms with Gasteiger partial charge in [0.2, 0.25) is 6.20 Å². The number of benzene rings is 6. The summed E-state index contributed by atoms with van der Waals surface area (Å²) in [6, 6.07) is 47.1. The van der Waals surface area contributed by atoms with Gasteiger partial charge in [-0.05, 0) is 73.2 Å². The molecule has 3 aliphatic heterocycles.